The number of carboxylic acids is 2. The van der Waals surface area contributed by atoms with Crippen LogP contribution in [0.4, 0.5) is 0 Å². The second kappa shape index (κ2) is 9.36. The first-order valence-corrected chi connectivity index (χ1v) is 9.77. The predicted octanol–water partition coefficient (Wildman–Crippen LogP) is 3.05. The number of hydrogen-bond donors (Lipinski definition) is 3. The summed E-state index contributed by atoms with van der Waals surface area (Å²) in [6.45, 7) is 7.77. The minimum absolute atomic E-state index is 0.102. The monoisotopic (exact) mass is 366 g/mol. The van der Waals surface area contributed by atoms with E-state index in [2.05, 4.69) is 0 Å². The largest absolute Gasteiger partial charge is 0.481 e. The molecule has 0 bridgehead atoms. The summed E-state index contributed by atoms with van der Waals surface area (Å²) < 4.78 is 32.6. The molecule has 0 aliphatic heterocycles. The molecule has 0 spiro atoms. The van der Waals surface area contributed by atoms with E-state index in [-0.39, 0.29) is 24.7 Å². The zero-order valence-corrected chi connectivity index (χ0v) is 15.7. The maximum absolute atomic E-state index is 11.9. The Morgan fingerprint density at radius 1 is 0.917 bits per heavy atom. The van der Waals surface area contributed by atoms with E-state index in [1.807, 2.05) is 27.7 Å². The van der Waals surface area contributed by atoms with Gasteiger partial charge in [0.15, 0.2) is 5.25 Å². The molecule has 142 valence electrons. The summed E-state index contributed by atoms with van der Waals surface area (Å²) in [7, 11) is -5.05. The molecule has 1 unspecified atom stereocenters. The van der Waals surface area contributed by atoms with Gasteiger partial charge in [-0.25, -0.2) is 0 Å². The first-order valence-electron chi connectivity index (χ1n) is 8.27. The maximum Gasteiger partial charge on any atom is 0.325 e. The van der Waals surface area contributed by atoms with E-state index in [1.165, 1.54) is 0 Å². The standard InChI is InChI=1S/C16H30O7S/c1-11(2)7-5-9-16(15(19)20,10-6-8-12(3)4)13(14(17)18)24(21,22)23/h11-13H,5-10H2,1-4H3,(H,17,18)(H,19,20)(H,21,22,23). The van der Waals surface area contributed by atoms with E-state index in [4.69, 9.17) is 0 Å². The normalized spacial score (nSPS) is 14.1. The first kappa shape index (κ1) is 22.9. The number of carboxylic acid groups (broad SMARTS) is 2. The number of carbonyl (C=O) groups is 2. The van der Waals surface area contributed by atoms with Crippen LogP contribution < -0.4 is 0 Å². The molecule has 0 aromatic carbocycles. The van der Waals surface area contributed by atoms with Gasteiger partial charge in [0.1, 0.15) is 0 Å². The van der Waals surface area contributed by atoms with Gasteiger partial charge in [0.05, 0.1) is 5.41 Å². The fraction of sp³-hybridized carbons (Fsp3) is 0.875. The predicted molar refractivity (Wildman–Crippen MR) is 90.4 cm³/mol. The lowest BCUT2D eigenvalue weighted by atomic mass is 9.74. The van der Waals surface area contributed by atoms with Crippen LogP contribution in [-0.2, 0) is 19.7 Å². The van der Waals surface area contributed by atoms with Gasteiger partial charge >= 0.3 is 11.9 Å². The lowest BCUT2D eigenvalue weighted by molar-refractivity contribution is -0.156. The summed E-state index contributed by atoms with van der Waals surface area (Å²) in [5.74, 6) is -2.75. The van der Waals surface area contributed by atoms with Crippen LogP contribution in [0.25, 0.3) is 0 Å². The summed E-state index contributed by atoms with van der Waals surface area (Å²) >= 11 is 0. The molecular weight excluding hydrogens is 336 g/mol. The molecular formula is C16H30O7S. The van der Waals surface area contributed by atoms with E-state index in [1.54, 1.807) is 0 Å². The van der Waals surface area contributed by atoms with Crippen molar-refractivity contribution < 1.29 is 32.8 Å². The highest BCUT2D eigenvalue weighted by atomic mass is 32.2. The van der Waals surface area contributed by atoms with Crippen molar-refractivity contribution in [2.75, 3.05) is 0 Å². The van der Waals surface area contributed by atoms with Crippen molar-refractivity contribution in [1.82, 2.24) is 0 Å². The molecule has 7 nitrogen and oxygen atoms in total. The summed E-state index contributed by atoms with van der Waals surface area (Å²) in [6.07, 6.45) is 1.86. The van der Waals surface area contributed by atoms with Crippen molar-refractivity contribution in [3.8, 4) is 0 Å². The highest BCUT2D eigenvalue weighted by Gasteiger charge is 2.55. The van der Waals surface area contributed by atoms with Crippen molar-refractivity contribution in [2.45, 2.75) is 71.5 Å². The number of hydrogen-bond acceptors (Lipinski definition) is 4. The smallest absolute Gasteiger partial charge is 0.325 e. The Morgan fingerprint density at radius 3 is 1.50 bits per heavy atom. The van der Waals surface area contributed by atoms with Crippen molar-refractivity contribution in [3.63, 3.8) is 0 Å². The Bertz CT molecular complexity index is 509. The summed E-state index contributed by atoms with van der Waals surface area (Å²) in [6, 6.07) is 0. The third-order valence-corrected chi connectivity index (χ3v) is 5.51. The average Bonchev–Trinajstić information content (AvgIpc) is 2.34. The van der Waals surface area contributed by atoms with Gasteiger partial charge in [-0.15, -0.1) is 0 Å². The van der Waals surface area contributed by atoms with Crippen molar-refractivity contribution in [2.24, 2.45) is 17.3 Å². The van der Waals surface area contributed by atoms with Crippen molar-refractivity contribution >= 4 is 22.1 Å². The minimum atomic E-state index is -5.05. The van der Waals surface area contributed by atoms with E-state index in [9.17, 15) is 32.8 Å². The van der Waals surface area contributed by atoms with Crippen LogP contribution in [0.15, 0.2) is 0 Å². The summed E-state index contributed by atoms with van der Waals surface area (Å²) in [5.41, 5.74) is -2.02. The molecule has 1 atom stereocenters. The molecule has 0 saturated heterocycles. The number of aliphatic carboxylic acids is 2. The summed E-state index contributed by atoms with van der Waals surface area (Å²) in [5, 5.41) is 16.6. The zero-order valence-electron chi connectivity index (χ0n) is 14.9. The average molecular weight is 366 g/mol. The highest BCUT2D eigenvalue weighted by molar-refractivity contribution is 7.87. The van der Waals surface area contributed by atoms with Gasteiger partial charge in [-0.2, -0.15) is 8.42 Å². The molecule has 0 aromatic heterocycles. The van der Waals surface area contributed by atoms with Crippen LogP contribution in [0.3, 0.4) is 0 Å². The Kier molecular flexibility index (Phi) is 8.91. The molecule has 8 heteroatoms. The quantitative estimate of drug-likeness (QED) is 0.453. The van der Waals surface area contributed by atoms with Crippen molar-refractivity contribution in [1.29, 1.82) is 0 Å². The molecule has 0 rings (SSSR count). The Balaban J connectivity index is 5.78. The van der Waals surface area contributed by atoms with E-state index < -0.39 is 32.7 Å². The van der Waals surface area contributed by atoms with Crippen LogP contribution in [0.5, 0.6) is 0 Å². The molecule has 0 aliphatic carbocycles. The number of rotatable bonds is 12. The third kappa shape index (κ3) is 6.76. The second-order valence-electron chi connectivity index (χ2n) is 7.27. The van der Waals surface area contributed by atoms with Crippen LogP contribution >= 0.6 is 0 Å². The van der Waals surface area contributed by atoms with Gasteiger partial charge in [-0.1, -0.05) is 53.4 Å². The molecule has 3 N–H and O–H groups in total. The van der Waals surface area contributed by atoms with E-state index in [0.717, 1.165) is 0 Å². The molecule has 24 heavy (non-hydrogen) atoms. The Labute approximate surface area is 144 Å². The minimum Gasteiger partial charge on any atom is -0.481 e. The Morgan fingerprint density at radius 2 is 1.29 bits per heavy atom. The van der Waals surface area contributed by atoms with Crippen LogP contribution in [0.1, 0.15) is 66.2 Å². The zero-order chi connectivity index (χ0) is 19.1. The molecule has 0 saturated carbocycles. The lowest BCUT2D eigenvalue weighted by Gasteiger charge is -2.33. The molecule has 0 aromatic rings. The molecule has 0 amide bonds. The SMILES string of the molecule is CC(C)CCCC(CCCC(C)C)(C(=O)O)C(C(=O)O)S(=O)(=O)O. The van der Waals surface area contributed by atoms with E-state index >= 15 is 0 Å². The van der Waals surface area contributed by atoms with Crippen molar-refractivity contribution in [3.05, 3.63) is 0 Å². The summed E-state index contributed by atoms with van der Waals surface area (Å²) in [4.78, 5) is 23.4. The van der Waals surface area contributed by atoms with Gasteiger partial charge < -0.3 is 10.2 Å². The maximum atomic E-state index is 11.9. The fourth-order valence-corrected chi connectivity index (χ4v) is 4.18. The van der Waals surface area contributed by atoms with Crippen LogP contribution in [-0.4, -0.2) is 40.4 Å². The first-order chi connectivity index (χ1) is 10.8. The van der Waals surface area contributed by atoms with E-state index in [0.29, 0.717) is 25.7 Å². The van der Waals surface area contributed by atoms with Gasteiger partial charge in [-0.05, 0) is 24.7 Å². The second-order valence-corrected chi connectivity index (χ2v) is 8.77. The molecule has 0 radical (unpaired) electrons. The van der Waals surface area contributed by atoms with Crippen LogP contribution in [0, 0.1) is 17.3 Å². The lowest BCUT2D eigenvalue weighted by Crippen LogP contribution is -2.51. The molecule has 0 heterocycles. The fourth-order valence-electron chi connectivity index (χ4n) is 3.01. The molecule has 0 fully saturated rings. The van der Waals surface area contributed by atoms with Gasteiger partial charge in [0.2, 0.25) is 0 Å². The molecule has 0 aliphatic rings. The van der Waals surface area contributed by atoms with Gasteiger partial charge in [0.25, 0.3) is 10.1 Å². The third-order valence-electron chi connectivity index (χ3n) is 4.26. The van der Waals surface area contributed by atoms with Gasteiger partial charge in [-0.3, -0.25) is 14.1 Å². The topological polar surface area (TPSA) is 129 Å². The van der Waals surface area contributed by atoms with Gasteiger partial charge in [0, 0.05) is 0 Å². The Hall–Kier alpha value is -1.15. The highest BCUT2D eigenvalue weighted by Crippen LogP contribution is 2.39. The van der Waals surface area contributed by atoms with Crippen LogP contribution in [0.2, 0.25) is 0 Å².